The number of para-hydroxylation sites is 1. The predicted octanol–water partition coefficient (Wildman–Crippen LogP) is 5.04. The fourth-order valence-electron chi connectivity index (χ4n) is 6.13. The molecule has 1 fully saturated rings. The van der Waals surface area contributed by atoms with E-state index in [2.05, 4.69) is 58.6 Å². The smallest absolute Gasteiger partial charge is 0.105 e. The van der Waals surface area contributed by atoms with Gasteiger partial charge in [0.2, 0.25) is 0 Å². The summed E-state index contributed by atoms with van der Waals surface area (Å²) in [6.45, 7) is 8.88. The lowest BCUT2D eigenvalue weighted by molar-refractivity contribution is 0.0271. The Hall–Kier alpha value is -2.46. The molecule has 2 aromatic heterocycles. The van der Waals surface area contributed by atoms with Crippen LogP contribution in [0.3, 0.4) is 0 Å². The molecule has 0 unspecified atom stereocenters. The maximum atomic E-state index is 4.99. The molecule has 0 spiro atoms. The molecule has 29 heavy (non-hydrogen) atoms. The third kappa shape index (κ3) is 2.24. The lowest BCUT2D eigenvalue weighted by Crippen LogP contribution is -2.50. The Labute approximate surface area is 172 Å². The van der Waals surface area contributed by atoms with Gasteiger partial charge in [-0.15, -0.1) is 0 Å². The monoisotopic (exact) mass is 384 g/mol. The summed E-state index contributed by atoms with van der Waals surface area (Å²) in [7, 11) is 0. The molecule has 3 aromatic rings. The van der Waals surface area contributed by atoms with Crippen LogP contribution < -0.4 is 0 Å². The molecular formula is C25H28N4. The second-order valence-corrected chi connectivity index (χ2v) is 9.05. The highest BCUT2D eigenvalue weighted by molar-refractivity contribution is 5.91. The summed E-state index contributed by atoms with van der Waals surface area (Å²) in [6, 6.07) is 9.43. The van der Waals surface area contributed by atoms with Crippen molar-refractivity contribution in [3.8, 4) is 0 Å². The Morgan fingerprint density at radius 3 is 2.83 bits per heavy atom. The number of aryl methyl sites for hydroxylation is 2. The number of fused-ring (bicyclic) bond motifs is 3. The van der Waals surface area contributed by atoms with E-state index in [1.807, 2.05) is 13.1 Å². The third-order valence-electron chi connectivity index (χ3n) is 7.70. The van der Waals surface area contributed by atoms with Gasteiger partial charge < -0.3 is 4.57 Å². The van der Waals surface area contributed by atoms with Gasteiger partial charge in [0.15, 0.2) is 0 Å². The van der Waals surface area contributed by atoms with Gasteiger partial charge in [0.25, 0.3) is 0 Å². The fourth-order valence-corrected chi connectivity index (χ4v) is 6.13. The minimum absolute atomic E-state index is 0.188. The second-order valence-electron chi connectivity index (χ2n) is 9.05. The molecule has 4 heteroatoms. The van der Waals surface area contributed by atoms with E-state index in [0.717, 1.165) is 29.9 Å². The molecule has 3 aliphatic rings. The molecule has 1 saturated heterocycles. The molecule has 3 aliphatic heterocycles. The molecule has 5 heterocycles. The first-order valence-corrected chi connectivity index (χ1v) is 11.0. The summed E-state index contributed by atoms with van der Waals surface area (Å²) in [5.41, 5.74) is 8.86. The van der Waals surface area contributed by atoms with Crippen molar-refractivity contribution >= 4 is 16.6 Å². The summed E-state index contributed by atoms with van der Waals surface area (Å²) in [5.74, 6) is 0. The minimum atomic E-state index is 0.188. The van der Waals surface area contributed by atoms with Crippen molar-refractivity contribution in [1.82, 2.24) is 19.4 Å². The Bertz CT molecular complexity index is 1170. The van der Waals surface area contributed by atoms with E-state index in [1.165, 1.54) is 48.2 Å². The predicted molar refractivity (Wildman–Crippen MR) is 117 cm³/mol. The van der Waals surface area contributed by atoms with Crippen molar-refractivity contribution in [3.63, 3.8) is 0 Å². The lowest BCUT2D eigenvalue weighted by Gasteiger charge is -2.53. The van der Waals surface area contributed by atoms with Crippen LogP contribution in [0.25, 0.3) is 16.6 Å². The van der Waals surface area contributed by atoms with E-state index in [1.54, 1.807) is 5.56 Å². The fraction of sp³-hybridized carbons (Fsp3) is 0.440. The number of piperidine rings is 1. The number of nitrogens with zero attached hydrogens (tertiary/aromatic N) is 4. The highest BCUT2D eigenvalue weighted by Crippen LogP contribution is 2.57. The van der Waals surface area contributed by atoms with Crippen molar-refractivity contribution in [1.29, 1.82) is 0 Å². The van der Waals surface area contributed by atoms with Crippen LogP contribution in [0.1, 0.15) is 60.6 Å². The van der Waals surface area contributed by atoms with Crippen LogP contribution in [-0.4, -0.2) is 32.5 Å². The van der Waals surface area contributed by atoms with Crippen molar-refractivity contribution < 1.29 is 0 Å². The van der Waals surface area contributed by atoms with Gasteiger partial charge >= 0.3 is 0 Å². The topological polar surface area (TPSA) is 34.0 Å². The van der Waals surface area contributed by atoms with Crippen molar-refractivity contribution in [3.05, 3.63) is 64.9 Å². The maximum absolute atomic E-state index is 4.99. The van der Waals surface area contributed by atoms with Gasteiger partial charge in [-0.25, -0.2) is 4.98 Å². The van der Waals surface area contributed by atoms with Crippen molar-refractivity contribution in [2.75, 3.05) is 13.1 Å². The average Bonchev–Trinajstić information content (AvgIpc) is 3.09. The zero-order chi connectivity index (χ0) is 19.8. The van der Waals surface area contributed by atoms with Gasteiger partial charge in [-0.3, -0.25) is 9.88 Å². The summed E-state index contributed by atoms with van der Waals surface area (Å²) in [6.07, 6.45) is 9.39. The van der Waals surface area contributed by atoms with Crippen LogP contribution in [0.4, 0.5) is 0 Å². The molecule has 0 bridgehead atoms. The standard InChI is InChI=1S/C25H28N4/c1-4-25-11-7-12-28-13-10-19-18-8-5-6-9-21(18)29(23(19)24(25)28)22(14-25)20-15-26-16(2)17(3)27-20/h5-6,8-9,14-15,24H,4,7,10-13H2,1-3H3/t24-,25+/m1/s1. The molecular weight excluding hydrogens is 356 g/mol. The zero-order valence-electron chi connectivity index (χ0n) is 17.6. The average molecular weight is 385 g/mol. The third-order valence-corrected chi connectivity index (χ3v) is 7.70. The number of rotatable bonds is 2. The summed E-state index contributed by atoms with van der Waals surface area (Å²) in [4.78, 5) is 12.4. The Balaban J connectivity index is 1.72. The van der Waals surface area contributed by atoms with Crippen molar-refractivity contribution in [2.45, 2.75) is 52.5 Å². The van der Waals surface area contributed by atoms with Gasteiger partial charge in [0, 0.05) is 23.0 Å². The van der Waals surface area contributed by atoms with Gasteiger partial charge in [0.1, 0.15) is 5.69 Å². The lowest BCUT2D eigenvalue weighted by atomic mass is 9.66. The Morgan fingerprint density at radius 1 is 1.14 bits per heavy atom. The second kappa shape index (κ2) is 6.02. The largest absolute Gasteiger partial charge is 0.310 e. The normalized spacial score (nSPS) is 25.8. The summed E-state index contributed by atoms with van der Waals surface area (Å²) >= 11 is 0. The molecule has 0 saturated carbocycles. The molecule has 0 N–H and O–H groups in total. The molecule has 0 amide bonds. The SMILES string of the molecule is CC[C@@]12C=C(c3cnc(C)c(C)n3)n3c4c(c5ccccc53)CCN(CCC1)[C@H]42. The van der Waals surface area contributed by atoms with E-state index in [0.29, 0.717) is 6.04 Å². The van der Waals surface area contributed by atoms with E-state index < -0.39 is 0 Å². The van der Waals surface area contributed by atoms with E-state index in [-0.39, 0.29) is 5.41 Å². The van der Waals surface area contributed by atoms with Crippen molar-refractivity contribution in [2.24, 2.45) is 5.41 Å². The number of hydrogen-bond donors (Lipinski definition) is 0. The first-order chi connectivity index (χ1) is 14.1. The van der Waals surface area contributed by atoms with Crippen LogP contribution in [0.5, 0.6) is 0 Å². The molecule has 148 valence electrons. The van der Waals surface area contributed by atoms with Crippen LogP contribution in [0.15, 0.2) is 36.5 Å². The molecule has 0 aliphatic carbocycles. The molecule has 0 radical (unpaired) electrons. The minimum Gasteiger partial charge on any atom is -0.310 e. The van der Waals surface area contributed by atoms with E-state index in [9.17, 15) is 0 Å². The van der Waals surface area contributed by atoms with Crippen LogP contribution >= 0.6 is 0 Å². The molecule has 2 atom stereocenters. The zero-order valence-corrected chi connectivity index (χ0v) is 17.6. The Kier molecular flexibility index (Phi) is 3.61. The van der Waals surface area contributed by atoms with Crippen LogP contribution in [0.2, 0.25) is 0 Å². The van der Waals surface area contributed by atoms with Crippen LogP contribution in [-0.2, 0) is 6.42 Å². The van der Waals surface area contributed by atoms with Crippen LogP contribution in [0, 0.1) is 19.3 Å². The first kappa shape index (κ1) is 17.4. The highest BCUT2D eigenvalue weighted by Gasteiger charge is 2.50. The van der Waals surface area contributed by atoms with Gasteiger partial charge in [-0.1, -0.05) is 25.1 Å². The number of aromatic nitrogens is 3. The molecule has 4 nitrogen and oxygen atoms in total. The van der Waals surface area contributed by atoms with Gasteiger partial charge in [-0.2, -0.15) is 0 Å². The summed E-state index contributed by atoms with van der Waals surface area (Å²) in [5, 5.41) is 1.42. The quantitative estimate of drug-likeness (QED) is 0.621. The first-order valence-electron chi connectivity index (χ1n) is 11.0. The Morgan fingerprint density at radius 2 is 2.00 bits per heavy atom. The molecule has 1 aromatic carbocycles. The number of hydrogen-bond acceptors (Lipinski definition) is 3. The van der Waals surface area contributed by atoms with Gasteiger partial charge in [-0.05, 0) is 63.8 Å². The van der Waals surface area contributed by atoms with E-state index >= 15 is 0 Å². The summed E-state index contributed by atoms with van der Waals surface area (Å²) < 4.78 is 2.53. The maximum Gasteiger partial charge on any atom is 0.105 e. The van der Waals surface area contributed by atoms with E-state index in [4.69, 9.17) is 4.98 Å². The highest BCUT2D eigenvalue weighted by atomic mass is 15.2. The van der Waals surface area contributed by atoms with Gasteiger partial charge in [0.05, 0.1) is 34.8 Å². The molecule has 6 rings (SSSR count). The number of benzene rings is 1.